The topological polar surface area (TPSA) is 30.5 Å². The van der Waals surface area contributed by atoms with Gasteiger partial charge >= 0.3 is 0 Å². The van der Waals surface area contributed by atoms with Gasteiger partial charge in [-0.2, -0.15) is 0 Å². The lowest BCUT2D eigenvalue weighted by atomic mass is 9.66. The summed E-state index contributed by atoms with van der Waals surface area (Å²) in [4.78, 5) is 0. The Kier molecular flexibility index (Phi) is 4.16. The number of methoxy groups -OCH3 is 1. The van der Waals surface area contributed by atoms with Crippen molar-refractivity contribution in [1.29, 1.82) is 0 Å². The molecule has 0 bridgehead atoms. The Labute approximate surface area is 121 Å². The largest absolute Gasteiger partial charge is 0.493 e. The second kappa shape index (κ2) is 6.04. The first-order chi connectivity index (χ1) is 9.81. The van der Waals surface area contributed by atoms with E-state index in [4.69, 9.17) is 9.47 Å². The van der Waals surface area contributed by atoms with Crippen molar-refractivity contribution < 1.29 is 9.47 Å². The van der Waals surface area contributed by atoms with E-state index < -0.39 is 0 Å². The quantitative estimate of drug-likeness (QED) is 0.789. The van der Waals surface area contributed by atoms with Crippen LogP contribution in [0.5, 0.6) is 11.5 Å². The minimum Gasteiger partial charge on any atom is -0.493 e. The van der Waals surface area contributed by atoms with Gasteiger partial charge in [-0.3, -0.25) is 0 Å². The second-order valence-electron chi connectivity index (χ2n) is 6.26. The first kappa shape index (κ1) is 13.7. The highest BCUT2D eigenvalue weighted by molar-refractivity contribution is 5.39. The number of benzene rings is 1. The van der Waals surface area contributed by atoms with Crippen molar-refractivity contribution in [2.24, 2.45) is 5.41 Å². The Morgan fingerprint density at radius 1 is 1.20 bits per heavy atom. The standard InChI is InChI=1S/C17H25NO2/c1-19-15-5-2-3-6-16(15)20-12-11-17(9-4-10-17)13-18-14-7-8-14/h2-3,5-6,14,18H,4,7-13H2,1H3. The molecule has 1 N–H and O–H groups in total. The molecule has 0 unspecified atom stereocenters. The van der Waals surface area contributed by atoms with E-state index in [1.807, 2.05) is 24.3 Å². The smallest absolute Gasteiger partial charge is 0.161 e. The van der Waals surface area contributed by atoms with Crippen LogP contribution in [0.25, 0.3) is 0 Å². The summed E-state index contributed by atoms with van der Waals surface area (Å²) in [5, 5.41) is 3.69. The van der Waals surface area contributed by atoms with Crippen LogP contribution in [0.4, 0.5) is 0 Å². The number of rotatable bonds is 8. The van der Waals surface area contributed by atoms with Crippen molar-refractivity contribution in [3.8, 4) is 11.5 Å². The molecule has 3 heteroatoms. The first-order valence-electron chi connectivity index (χ1n) is 7.81. The molecule has 2 aliphatic rings. The summed E-state index contributed by atoms with van der Waals surface area (Å²) in [6, 6.07) is 8.70. The summed E-state index contributed by atoms with van der Waals surface area (Å²) >= 11 is 0. The van der Waals surface area contributed by atoms with Gasteiger partial charge in [0.15, 0.2) is 11.5 Å². The lowest BCUT2D eigenvalue weighted by Gasteiger charge is -2.42. The molecule has 3 rings (SSSR count). The van der Waals surface area contributed by atoms with Crippen LogP contribution >= 0.6 is 0 Å². The fourth-order valence-electron chi connectivity index (χ4n) is 2.96. The fourth-order valence-corrected chi connectivity index (χ4v) is 2.96. The van der Waals surface area contributed by atoms with Gasteiger partial charge in [-0.15, -0.1) is 0 Å². The lowest BCUT2D eigenvalue weighted by Crippen LogP contribution is -2.41. The zero-order valence-corrected chi connectivity index (χ0v) is 12.4. The van der Waals surface area contributed by atoms with E-state index >= 15 is 0 Å². The van der Waals surface area contributed by atoms with Crippen molar-refractivity contribution >= 4 is 0 Å². The zero-order valence-electron chi connectivity index (χ0n) is 12.4. The van der Waals surface area contributed by atoms with E-state index in [1.54, 1.807) is 7.11 Å². The van der Waals surface area contributed by atoms with Crippen LogP contribution in [-0.4, -0.2) is 26.3 Å². The van der Waals surface area contributed by atoms with E-state index in [0.717, 1.165) is 30.6 Å². The molecule has 0 saturated heterocycles. The van der Waals surface area contributed by atoms with Crippen molar-refractivity contribution in [1.82, 2.24) is 5.32 Å². The van der Waals surface area contributed by atoms with Crippen LogP contribution in [0.15, 0.2) is 24.3 Å². The molecule has 2 fully saturated rings. The van der Waals surface area contributed by atoms with Gasteiger partial charge in [-0.05, 0) is 49.7 Å². The van der Waals surface area contributed by atoms with E-state index in [-0.39, 0.29) is 0 Å². The molecule has 0 atom stereocenters. The van der Waals surface area contributed by atoms with Crippen LogP contribution in [0.1, 0.15) is 38.5 Å². The maximum atomic E-state index is 5.93. The Bertz CT molecular complexity index is 438. The molecule has 0 spiro atoms. The van der Waals surface area contributed by atoms with Gasteiger partial charge in [0.2, 0.25) is 0 Å². The molecule has 0 radical (unpaired) electrons. The summed E-state index contributed by atoms with van der Waals surface area (Å²) < 4.78 is 11.2. The molecule has 0 aliphatic heterocycles. The third-order valence-electron chi connectivity index (χ3n) is 4.72. The molecule has 3 nitrogen and oxygen atoms in total. The van der Waals surface area contributed by atoms with Gasteiger partial charge in [-0.1, -0.05) is 18.6 Å². The Morgan fingerprint density at radius 2 is 1.95 bits per heavy atom. The second-order valence-corrected chi connectivity index (χ2v) is 6.26. The molecular weight excluding hydrogens is 250 g/mol. The molecule has 110 valence electrons. The highest BCUT2D eigenvalue weighted by atomic mass is 16.5. The monoisotopic (exact) mass is 275 g/mol. The van der Waals surface area contributed by atoms with Gasteiger partial charge in [0.25, 0.3) is 0 Å². The van der Waals surface area contributed by atoms with Gasteiger partial charge in [0, 0.05) is 12.6 Å². The first-order valence-corrected chi connectivity index (χ1v) is 7.81. The molecule has 2 aliphatic carbocycles. The summed E-state index contributed by atoms with van der Waals surface area (Å²) in [5.74, 6) is 1.69. The Balaban J connectivity index is 1.47. The predicted octanol–water partition coefficient (Wildman–Crippen LogP) is 3.39. The third kappa shape index (κ3) is 3.26. The van der Waals surface area contributed by atoms with E-state index in [0.29, 0.717) is 5.41 Å². The van der Waals surface area contributed by atoms with Crippen LogP contribution in [0.3, 0.4) is 0 Å². The Morgan fingerprint density at radius 3 is 2.55 bits per heavy atom. The number of hydrogen-bond acceptors (Lipinski definition) is 3. The molecule has 20 heavy (non-hydrogen) atoms. The number of hydrogen-bond donors (Lipinski definition) is 1. The molecule has 1 aromatic carbocycles. The molecule has 1 aromatic rings. The van der Waals surface area contributed by atoms with Crippen LogP contribution in [0, 0.1) is 5.41 Å². The van der Waals surface area contributed by atoms with E-state index in [1.165, 1.54) is 38.6 Å². The zero-order chi connectivity index (χ0) is 13.8. The number of nitrogens with one attached hydrogen (secondary N) is 1. The highest BCUT2D eigenvalue weighted by Gasteiger charge is 2.37. The molecule has 2 saturated carbocycles. The van der Waals surface area contributed by atoms with Gasteiger partial charge < -0.3 is 14.8 Å². The predicted molar refractivity (Wildman–Crippen MR) is 80.4 cm³/mol. The fraction of sp³-hybridized carbons (Fsp3) is 0.647. The van der Waals surface area contributed by atoms with Gasteiger partial charge in [0.1, 0.15) is 0 Å². The lowest BCUT2D eigenvalue weighted by molar-refractivity contribution is 0.0908. The maximum absolute atomic E-state index is 5.93. The summed E-state index contributed by atoms with van der Waals surface area (Å²) in [5.41, 5.74) is 0.491. The van der Waals surface area contributed by atoms with Crippen LogP contribution in [0.2, 0.25) is 0 Å². The normalized spacial score (nSPS) is 20.2. The average molecular weight is 275 g/mol. The van der Waals surface area contributed by atoms with Crippen molar-refractivity contribution in [2.75, 3.05) is 20.3 Å². The minimum absolute atomic E-state index is 0.491. The SMILES string of the molecule is COc1ccccc1OCCC1(CNC2CC2)CCC1. The van der Waals surface area contributed by atoms with Crippen LogP contribution < -0.4 is 14.8 Å². The Hall–Kier alpha value is -1.22. The van der Waals surface area contributed by atoms with Crippen molar-refractivity contribution in [3.05, 3.63) is 24.3 Å². The summed E-state index contributed by atoms with van der Waals surface area (Å²) in [7, 11) is 1.69. The van der Waals surface area contributed by atoms with Crippen LogP contribution in [-0.2, 0) is 0 Å². The van der Waals surface area contributed by atoms with Gasteiger partial charge in [0.05, 0.1) is 13.7 Å². The van der Waals surface area contributed by atoms with Crippen molar-refractivity contribution in [2.45, 2.75) is 44.6 Å². The molecular formula is C17H25NO2. The molecule has 0 aromatic heterocycles. The summed E-state index contributed by atoms with van der Waals surface area (Å²) in [6.45, 7) is 1.96. The molecule has 0 heterocycles. The van der Waals surface area contributed by atoms with E-state index in [9.17, 15) is 0 Å². The number of para-hydroxylation sites is 2. The minimum atomic E-state index is 0.491. The maximum Gasteiger partial charge on any atom is 0.161 e. The average Bonchev–Trinajstić information content (AvgIpc) is 3.25. The number of ether oxygens (including phenoxy) is 2. The van der Waals surface area contributed by atoms with Gasteiger partial charge in [-0.25, -0.2) is 0 Å². The highest BCUT2D eigenvalue weighted by Crippen LogP contribution is 2.44. The van der Waals surface area contributed by atoms with E-state index in [2.05, 4.69) is 5.32 Å². The third-order valence-corrected chi connectivity index (χ3v) is 4.72. The summed E-state index contributed by atoms with van der Waals surface area (Å²) in [6.07, 6.45) is 7.96. The van der Waals surface area contributed by atoms with Crippen molar-refractivity contribution in [3.63, 3.8) is 0 Å². The molecule has 0 amide bonds.